The van der Waals surface area contributed by atoms with Crippen LogP contribution in [0.1, 0.15) is 4.88 Å². The van der Waals surface area contributed by atoms with E-state index >= 15 is 0 Å². The molecule has 0 saturated heterocycles. The molecule has 2 heterocycles. The fraction of sp³-hybridized carbons (Fsp3) is 0.286. The average Bonchev–Trinajstić information content (AvgIpc) is 2.83. The molecule has 0 aliphatic carbocycles. The highest BCUT2D eigenvalue weighted by molar-refractivity contribution is 9.11. The summed E-state index contributed by atoms with van der Waals surface area (Å²) < 4.78 is 12.5. The first kappa shape index (κ1) is 13.0. The van der Waals surface area contributed by atoms with Gasteiger partial charge in [-0.1, -0.05) is 12.1 Å². The molecule has 1 aromatic carbocycles. The van der Waals surface area contributed by atoms with Gasteiger partial charge in [-0.15, -0.1) is 11.3 Å². The summed E-state index contributed by atoms with van der Waals surface area (Å²) in [6.45, 7) is 0.380. The van der Waals surface area contributed by atoms with Crippen molar-refractivity contribution in [3.05, 3.63) is 45.1 Å². The Balaban J connectivity index is 1.67. The fourth-order valence-corrected chi connectivity index (χ4v) is 3.56. The van der Waals surface area contributed by atoms with Crippen molar-refractivity contribution in [1.29, 1.82) is 0 Å². The molecule has 1 aliphatic rings. The lowest BCUT2D eigenvalue weighted by Crippen LogP contribution is -2.40. The van der Waals surface area contributed by atoms with Gasteiger partial charge in [-0.2, -0.15) is 0 Å². The fourth-order valence-electron chi connectivity index (χ4n) is 2.02. The molecule has 0 amide bonds. The van der Waals surface area contributed by atoms with Crippen LogP contribution < -0.4 is 9.47 Å². The van der Waals surface area contributed by atoms with E-state index < -0.39 is 6.10 Å². The molecule has 1 aliphatic heterocycles. The second-order valence-corrected chi connectivity index (χ2v) is 6.94. The summed E-state index contributed by atoms with van der Waals surface area (Å²) in [6.07, 6.45) is -0.318. The van der Waals surface area contributed by atoms with Gasteiger partial charge >= 0.3 is 0 Å². The van der Waals surface area contributed by atoms with E-state index in [1.807, 2.05) is 36.4 Å². The summed E-state index contributed by atoms with van der Waals surface area (Å²) in [4.78, 5) is 1.13. The Kier molecular flexibility index (Phi) is 3.77. The van der Waals surface area contributed by atoms with Crippen molar-refractivity contribution in [3.8, 4) is 11.5 Å². The maximum atomic E-state index is 10.2. The third-order valence-corrected chi connectivity index (χ3v) is 4.64. The third-order valence-electron chi connectivity index (χ3n) is 3.00. The Hall–Kier alpha value is -1.04. The second kappa shape index (κ2) is 5.53. The molecule has 0 radical (unpaired) electrons. The minimum atomic E-state index is -0.570. The molecule has 1 N–H and O–H groups in total. The molecular formula is C14H13BrO3S. The van der Waals surface area contributed by atoms with E-state index in [1.54, 1.807) is 11.3 Å². The van der Waals surface area contributed by atoms with Crippen LogP contribution in [0.4, 0.5) is 0 Å². The van der Waals surface area contributed by atoms with Gasteiger partial charge in [0.15, 0.2) is 17.6 Å². The molecule has 0 spiro atoms. The lowest BCUT2D eigenvalue weighted by atomic mass is 10.1. The third kappa shape index (κ3) is 2.94. The van der Waals surface area contributed by atoms with Crippen LogP contribution in [0, 0.1) is 0 Å². The molecule has 3 rings (SSSR count). The van der Waals surface area contributed by atoms with Crippen molar-refractivity contribution in [1.82, 2.24) is 0 Å². The van der Waals surface area contributed by atoms with Crippen molar-refractivity contribution in [3.63, 3.8) is 0 Å². The van der Waals surface area contributed by atoms with E-state index in [1.165, 1.54) is 0 Å². The number of rotatable bonds is 3. The molecule has 0 saturated carbocycles. The van der Waals surface area contributed by atoms with Gasteiger partial charge in [-0.3, -0.25) is 0 Å². The zero-order valence-corrected chi connectivity index (χ0v) is 12.5. The van der Waals surface area contributed by atoms with E-state index in [0.717, 1.165) is 14.4 Å². The summed E-state index contributed by atoms with van der Waals surface area (Å²) in [5.41, 5.74) is 0. The van der Waals surface area contributed by atoms with Crippen molar-refractivity contribution in [2.75, 3.05) is 6.61 Å². The first-order valence-electron chi connectivity index (χ1n) is 6.03. The molecule has 0 fully saturated rings. The van der Waals surface area contributed by atoms with Crippen LogP contribution in [0.15, 0.2) is 40.2 Å². The molecule has 0 bridgehead atoms. The number of aliphatic hydroxyl groups is 1. The van der Waals surface area contributed by atoms with Crippen LogP contribution in [0.25, 0.3) is 0 Å². The molecular weight excluding hydrogens is 328 g/mol. The van der Waals surface area contributed by atoms with Gasteiger partial charge in [0.2, 0.25) is 0 Å². The van der Waals surface area contributed by atoms with Gasteiger partial charge in [0.1, 0.15) is 6.61 Å². The van der Waals surface area contributed by atoms with Gasteiger partial charge in [0.05, 0.1) is 9.89 Å². The summed E-state index contributed by atoms with van der Waals surface area (Å²) in [5.74, 6) is 1.44. The zero-order valence-electron chi connectivity index (χ0n) is 10.1. The van der Waals surface area contributed by atoms with Crippen LogP contribution in [0.3, 0.4) is 0 Å². The lowest BCUT2D eigenvalue weighted by molar-refractivity contribution is -0.00907. The smallest absolute Gasteiger partial charge is 0.161 e. The minimum Gasteiger partial charge on any atom is -0.486 e. The number of fused-ring (bicyclic) bond motifs is 1. The van der Waals surface area contributed by atoms with E-state index in [0.29, 0.717) is 18.8 Å². The Morgan fingerprint density at radius 2 is 2.05 bits per heavy atom. The van der Waals surface area contributed by atoms with Crippen LogP contribution >= 0.6 is 27.3 Å². The summed E-state index contributed by atoms with van der Waals surface area (Å²) in [5, 5.41) is 10.2. The minimum absolute atomic E-state index is 0.323. The Morgan fingerprint density at radius 1 is 1.26 bits per heavy atom. The Morgan fingerprint density at radius 3 is 2.79 bits per heavy atom. The molecule has 100 valence electrons. The van der Waals surface area contributed by atoms with Crippen molar-refractivity contribution >= 4 is 27.3 Å². The lowest BCUT2D eigenvalue weighted by Gasteiger charge is -2.29. The van der Waals surface area contributed by atoms with Crippen LogP contribution in [0.5, 0.6) is 11.5 Å². The highest BCUT2D eigenvalue weighted by Gasteiger charge is 2.27. The van der Waals surface area contributed by atoms with Crippen molar-refractivity contribution in [2.24, 2.45) is 0 Å². The zero-order chi connectivity index (χ0) is 13.2. The molecule has 1 aromatic heterocycles. The second-order valence-electron chi connectivity index (χ2n) is 4.39. The maximum Gasteiger partial charge on any atom is 0.161 e. The van der Waals surface area contributed by atoms with Gasteiger partial charge in [-0.05, 0) is 40.2 Å². The van der Waals surface area contributed by atoms with Crippen LogP contribution in [-0.4, -0.2) is 23.9 Å². The van der Waals surface area contributed by atoms with E-state index in [2.05, 4.69) is 15.9 Å². The summed E-state index contributed by atoms with van der Waals surface area (Å²) in [6, 6.07) is 11.5. The number of aliphatic hydroxyl groups excluding tert-OH is 1. The highest BCUT2D eigenvalue weighted by Crippen LogP contribution is 2.32. The number of benzene rings is 1. The molecule has 19 heavy (non-hydrogen) atoms. The van der Waals surface area contributed by atoms with Gasteiger partial charge in [0, 0.05) is 11.3 Å². The predicted octanol–water partition coefficient (Wildman–Crippen LogP) is 3.25. The monoisotopic (exact) mass is 340 g/mol. The van der Waals surface area contributed by atoms with Crippen molar-refractivity contribution < 1.29 is 14.6 Å². The molecule has 5 heteroatoms. The Bertz CT molecular complexity index is 569. The first-order valence-corrected chi connectivity index (χ1v) is 7.64. The number of thiophene rings is 1. The van der Waals surface area contributed by atoms with Crippen LogP contribution in [-0.2, 0) is 6.42 Å². The maximum absolute atomic E-state index is 10.2. The van der Waals surface area contributed by atoms with Crippen LogP contribution in [0.2, 0.25) is 0 Å². The summed E-state index contributed by atoms with van der Waals surface area (Å²) >= 11 is 5.05. The SMILES string of the molecule is OC(Cc1ccc(Br)s1)C1COc2ccccc2O1. The van der Waals surface area contributed by atoms with E-state index in [9.17, 15) is 5.11 Å². The Labute approximate surface area is 123 Å². The van der Waals surface area contributed by atoms with E-state index in [4.69, 9.17) is 9.47 Å². The number of halogens is 1. The topological polar surface area (TPSA) is 38.7 Å². The summed E-state index contributed by atoms with van der Waals surface area (Å²) in [7, 11) is 0. The number of hydrogen-bond acceptors (Lipinski definition) is 4. The standard InChI is InChI=1S/C14H13BrO3S/c15-14-6-5-9(19-14)7-10(16)13-8-17-11-3-1-2-4-12(11)18-13/h1-6,10,13,16H,7-8H2. The first-order chi connectivity index (χ1) is 9.22. The van der Waals surface area contributed by atoms with Gasteiger partial charge < -0.3 is 14.6 Å². The number of hydrogen-bond donors (Lipinski definition) is 1. The number of ether oxygens (including phenoxy) is 2. The quantitative estimate of drug-likeness (QED) is 0.931. The molecule has 2 atom stereocenters. The molecule has 2 aromatic rings. The average molecular weight is 341 g/mol. The van der Waals surface area contributed by atoms with Crippen molar-refractivity contribution in [2.45, 2.75) is 18.6 Å². The van der Waals surface area contributed by atoms with Gasteiger partial charge in [0.25, 0.3) is 0 Å². The molecule has 3 nitrogen and oxygen atoms in total. The normalized spacial score (nSPS) is 19.2. The largest absolute Gasteiger partial charge is 0.486 e. The molecule has 2 unspecified atom stereocenters. The van der Waals surface area contributed by atoms with E-state index in [-0.39, 0.29) is 6.10 Å². The predicted molar refractivity (Wildman–Crippen MR) is 78.1 cm³/mol. The highest BCUT2D eigenvalue weighted by atomic mass is 79.9. The number of para-hydroxylation sites is 2. The van der Waals surface area contributed by atoms with Gasteiger partial charge in [-0.25, -0.2) is 0 Å².